The molecular formula is C9H15ClN4. The van der Waals surface area contributed by atoms with Gasteiger partial charge in [-0.25, -0.2) is 0 Å². The zero-order chi connectivity index (χ0) is 10.1. The van der Waals surface area contributed by atoms with E-state index in [0.29, 0.717) is 0 Å². The molecule has 1 aliphatic rings. The maximum atomic E-state index is 6.19. The Kier molecular flexibility index (Phi) is 2.65. The second-order valence-electron chi connectivity index (χ2n) is 3.59. The average Bonchev–Trinajstić information content (AvgIpc) is 2.43. The van der Waals surface area contributed by atoms with Crippen LogP contribution in [0.5, 0.6) is 0 Å². The molecule has 0 aromatic carbocycles. The van der Waals surface area contributed by atoms with Crippen LogP contribution >= 0.6 is 11.6 Å². The maximum absolute atomic E-state index is 6.19. The van der Waals surface area contributed by atoms with Gasteiger partial charge in [0.1, 0.15) is 5.15 Å². The molecule has 0 aliphatic carbocycles. The topological polar surface area (TPSA) is 33.1 Å². The molecule has 0 saturated carbocycles. The molecule has 0 atom stereocenters. The minimum absolute atomic E-state index is 0.740. The molecule has 1 aromatic heterocycles. The van der Waals surface area contributed by atoms with Gasteiger partial charge in [-0.15, -0.1) is 0 Å². The number of rotatable bonds is 1. The highest BCUT2D eigenvalue weighted by molar-refractivity contribution is 6.32. The van der Waals surface area contributed by atoms with Crippen LogP contribution in [-0.4, -0.2) is 36.0 Å². The lowest BCUT2D eigenvalue weighted by Gasteiger charge is -2.29. The molecule has 78 valence electrons. The number of nitrogens with one attached hydrogen (secondary N) is 1. The van der Waals surface area contributed by atoms with Crippen LogP contribution in [0, 0.1) is 6.92 Å². The molecule has 0 radical (unpaired) electrons. The van der Waals surface area contributed by atoms with Crippen molar-refractivity contribution in [1.29, 1.82) is 0 Å². The highest BCUT2D eigenvalue weighted by atomic mass is 35.5. The van der Waals surface area contributed by atoms with Gasteiger partial charge in [-0.1, -0.05) is 11.6 Å². The van der Waals surface area contributed by atoms with Crippen molar-refractivity contribution in [2.75, 3.05) is 31.1 Å². The third-order valence-electron chi connectivity index (χ3n) is 2.56. The number of anilines is 1. The van der Waals surface area contributed by atoms with Crippen molar-refractivity contribution in [3.63, 3.8) is 0 Å². The van der Waals surface area contributed by atoms with E-state index in [1.165, 1.54) is 0 Å². The van der Waals surface area contributed by atoms with Crippen LogP contribution in [0.4, 0.5) is 5.69 Å². The molecule has 1 N–H and O–H groups in total. The van der Waals surface area contributed by atoms with Crippen molar-refractivity contribution in [1.82, 2.24) is 15.1 Å². The van der Waals surface area contributed by atoms with Crippen LogP contribution in [0.25, 0.3) is 0 Å². The van der Waals surface area contributed by atoms with Gasteiger partial charge in [0.25, 0.3) is 0 Å². The fourth-order valence-corrected chi connectivity index (χ4v) is 2.16. The Bertz CT molecular complexity index is 328. The van der Waals surface area contributed by atoms with E-state index in [1.807, 2.05) is 14.0 Å². The lowest BCUT2D eigenvalue weighted by molar-refractivity contribution is 0.588. The largest absolute Gasteiger partial charge is 0.365 e. The first-order valence-corrected chi connectivity index (χ1v) is 5.22. The first-order valence-electron chi connectivity index (χ1n) is 4.85. The quantitative estimate of drug-likeness (QED) is 0.751. The van der Waals surface area contributed by atoms with E-state index in [-0.39, 0.29) is 0 Å². The molecule has 4 nitrogen and oxygen atoms in total. The summed E-state index contributed by atoms with van der Waals surface area (Å²) < 4.78 is 1.73. The Morgan fingerprint density at radius 1 is 1.36 bits per heavy atom. The summed E-state index contributed by atoms with van der Waals surface area (Å²) in [6, 6.07) is 0. The lowest BCUT2D eigenvalue weighted by atomic mass is 10.3. The van der Waals surface area contributed by atoms with Crippen molar-refractivity contribution in [3.8, 4) is 0 Å². The van der Waals surface area contributed by atoms with Gasteiger partial charge in [0.2, 0.25) is 0 Å². The molecule has 0 spiro atoms. The molecule has 2 heterocycles. The summed E-state index contributed by atoms with van der Waals surface area (Å²) in [6.45, 7) is 6.05. The van der Waals surface area contributed by atoms with Gasteiger partial charge in [0.05, 0.1) is 11.4 Å². The maximum Gasteiger partial charge on any atom is 0.150 e. The first kappa shape index (κ1) is 9.80. The monoisotopic (exact) mass is 214 g/mol. The molecule has 2 rings (SSSR count). The molecule has 1 fully saturated rings. The zero-order valence-electron chi connectivity index (χ0n) is 8.55. The lowest BCUT2D eigenvalue weighted by Crippen LogP contribution is -2.43. The second-order valence-corrected chi connectivity index (χ2v) is 3.94. The molecule has 0 amide bonds. The number of aromatic nitrogens is 2. The Morgan fingerprint density at radius 2 is 2.00 bits per heavy atom. The van der Waals surface area contributed by atoms with Gasteiger partial charge < -0.3 is 10.2 Å². The fourth-order valence-electron chi connectivity index (χ4n) is 1.87. The molecule has 1 aliphatic heterocycles. The summed E-state index contributed by atoms with van der Waals surface area (Å²) in [5.74, 6) is 0. The summed E-state index contributed by atoms with van der Waals surface area (Å²) in [6.07, 6.45) is 0. The number of hydrogen-bond acceptors (Lipinski definition) is 3. The summed E-state index contributed by atoms with van der Waals surface area (Å²) >= 11 is 6.19. The smallest absolute Gasteiger partial charge is 0.150 e. The van der Waals surface area contributed by atoms with Crippen LogP contribution in [0.15, 0.2) is 0 Å². The third-order valence-corrected chi connectivity index (χ3v) is 2.98. The van der Waals surface area contributed by atoms with E-state index >= 15 is 0 Å². The molecule has 14 heavy (non-hydrogen) atoms. The van der Waals surface area contributed by atoms with E-state index in [0.717, 1.165) is 42.7 Å². The minimum Gasteiger partial charge on any atom is -0.365 e. The highest BCUT2D eigenvalue weighted by Crippen LogP contribution is 2.28. The Hall–Kier alpha value is -0.740. The zero-order valence-corrected chi connectivity index (χ0v) is 9.30. The normalized spacial score (nSPS) is 17.5. The molecule has 5 heteroatoms. The molecule has 0 bridgehead atoms. The van der Waals surface area contributed by atoms with Gasteiger partial charge in [-0.3, -0.25) is 4.68 Å². The Balaban J connectivity index is 2.29. The highest BCUT2D eigenvalue weighted by Gasteiger charge is 2.19. The number of aryl methyl sites for hydroxylation is 2. The number of piperazine rings is 1. The summed E-state index contributed by atoms with van der Waals surface area (Å²) in [7, 11) is 1.88. The van der Waals surface area contributed by atoms with Crippen LogP contribution in [0.3, 0.4) is 0 Å². The van der Waals surface area contributed by atoms with Crippen LogP contribution in [0.2, 0.25) is 5.15 Å². The Morgan fingerprint density at radius 3 is 2.50 bits per heavy atom. The van der Waals surface area contributed by atoms with Gasteiger partial charge in [0, 0.05) is 33.2 Å². The predicted molar refractivity (Wildman–Crippen MR) is 58.0 cm³/mol. The predicted octanol–water partition coefficient (Wildman–Crippen LogP) is 0.792. The molecule has 1 aromatic rings. The summed E-state index contributed by atoms with van der Waals surface area (Å²) in [5.41, 5.74) is 2.11. The minimum atomic E-state index is 0.740. The van der Waals surface area contributed by atoms with Gasteiger partial charge in [0.15, 0.2) is 0 Å². The van der Waals surface area contributed by atoms with Crippen molar-refractivity contribution in [2.24, 2.45) is 7.05 Å². The fraction of sp³-hybridized carbons (Fsp3) is 0.667. The molecule has 1 saturated heterocycles. The van der Waals surface area contributed by atoms with Gasteiger partial charge in [-0.05, 0) is 6.92 Å². The third kappa shape index (κ3) is 1.60. The van der Waals surface area contributed by atoms with Gasteiger partial charge in [-0.2, -0.15) is 5.10 Å². The standard InChI is InChI=1S/C9H15ClN4/c1-7-8(9(10)13(2)12-7)14-5-3-11-4-6-14/h11H,3-6H2,1-2H3. The van der Waals surface area contributed by atoms with E-state index < -0.39 is 0 Å². The molecular weight excluding hydrogens is 200 g/mol. The van der Waals surface area contributed by atoms with Crippen LogP contribution in [-0.2, 0) is 7.05 Å². The number of halogens is 1. The van der Waals surface area contributed by atoms with E-state index in [4.69, 9.17) is 11.6 Å². The van der Waals surface area contributed by atoms with Crippen molar-refractivity contribution in [2.45, 2.75) is 6.92 Å². The van der Waals surface area contributed by atoms with E-state index in [2.05, 4.69) is 15.3 Å². The van der Waals surface area contributed by atoms with Crippen LogP contribution < -0.4 is 10.2 Å². The average molecular weight is 215 g/mol. The van der Waals surface area contributed by atoms with Crippen LogP contribution in [0.1, 0.15) is 5.69 Å². The van der Waals surface area contributed by atoms with Crippen molar-refractivity contribution in [3.05, 3.63) is 10.8 Å². The summed E-state index contributed by atoms with van der Waals surface area (Å²) in [4.78, 5) is 2.29. The first-order chi connectivity index (χ1) is 6.70. The summed E-state index contributed by atoms with van der Waals surface area (Å²) in [5, 5.41) is 8.37. The number of hydrogen-bond donors (Lipinski definition) is 1. The van der Waals surface area contributed by atoms with E-state index in [1.54, 1.807) is 4.68 Å². The SMILES string of the molecule is Cc1nn(C)c(Cl)c1N1CCNCC1. The van der Waals surface area contributed by atoms with Gasteiger partial charge >= 0.3 is 0 Å². The van der Waals surface area contributed by atoms with E-state index in [9.17, 15) is 0 Å². The number of nitrogens with zero attached hydrogens (tertiary/aromatic N) is 3. The molecule has 0 unspecified atom stereocenters. The van der Waals surface area contributed by atoms with Crippen molar-refractivity contribution >= 4 is 17.3 Å². The van der Waals surface area contributed by atoms with Crippen molar-refractivity contribution < 1.29 is 0 Å². The Labute approximate surface area is 88.8 Å². The second kappa shape index (κ2) is 3.79.